The van der Waals surface area contributed by atoms with E-state index in [1.54, 1.807) is 13.0 Å². The minimum absolute atomic E-state index is 0.0769. The summed E-state index contributed by atoms with van der Waals surface area (Å²) in [5.41, 5.74) is -0.253. The van der Waals surface area contributed by atoms with E-state index < -0.39 is 17.6 Å². The van der Waals surface area contributed by atoms with Crippen LogP contribution in [0.2, 0.25) is 0 Å². The molecule has 0 bridgehead atoms. The lowest BCUT2D eigenvalue weighted by molar-refractivity contribution is -0.143. The zero-order chi connectivity index (χ0) is 18.4. The smallest absolute Gasteiger partial charge is 0.325 e. The Morgan fingerprint density at radius 3 is 2.44 bits per heavy atom. The van der Waals surface area contributed by atoms with Crippen LogP contribution in [0.4, 0.5) is 14.5 Å². The number of hydrogen-bond acceptors (Lipinski definition) is 5. The molecular weight excluding hydrogens is 332 g/mol. The molecule has 1 aromatic carbocycles. The normalized spacial score (nSPS) is 14.7. The van der Waals surface area contributed by atoms with Crippen LogP contribution in [0.25, 0.3) is 0 Å². The molecule has 8 heteroatoms. The number of amides is 1. The number of halogens is 2. The van der Waals surface area contributed by atoms with Gasteiger partial charge in [0.1, 0.15) is 12.2 Å². The predicted octanol–water partition coefficient (Wildman–Crippen LogP) is 1.73. The minimum atomic E-state index is -0.790. The van der Waals surface area contributed by atoms with Crippen LogP contribution in [0, 0.1) is 28.9 Å². The van der Waals surface area contributed by atoms with Gasteiger partial charge in [-0.2, -0.15) is 5.26 Å². The summed E-state index contributed by atoms with van der Waals surface area (Å²) in [6, 6.07) is 3.70. The van der Waals surface area contributed by atoms with Gasteiger partial charge in [0.05, 0.1) is 18.2 Å². The number of esters is 1. The number of nitrogens with zero attached hydrogens (tertiary/aromatic N) is 2. The molecule has 134 valence electrons. The molecule has 1 fully saturated rings. The van der Waals surface area contributed by atoms with Gasteiger partial charge in [-0.3, -0.25) is 9.59 Å². The number of carbonyl (C=O) groups excluding carboxylic acids is 2. The Hall–Kier alpha value is -2.69. The largest absolute Gasteiger partial charge is 0.465 e. The fourth-order valence-electron chi connectivity index (χ4n) is 2.81. The molecule has 2 rings (SSSR count). The molecule has 0 atom stereocenters. The molecule has 0 spiro atoms. The van der Waals surface area contributed by atoms with Gasteiger partial charge in [-0.25, -0.2) is 8.78 Å². The molecule has 1 aromatic rings. The maximum absolute atomic E-state index is 14.1. The van der Waals surface area contributed by atoms with Gasteiger partial charge in [0.25, 0.3) is 0 Å². The Bertz CT molecular complexity index is 672. The van der Waals surface area contributed by atoms with Crippen molar-refractivity contribution in [1.29, 1.82) is 5.26 Å². The third-order valence-corrected chi connectivity index (χ3v) is 4.04. The van der Waals surface area contributed by atoms with E-state index in [1.807, 2.05) is 0 Å². The van der Waals surface area contributed by atoms with Crippen LogP contribution in [-0.4, -0.2) is 38.1 Å². The minimum Gasteiger partial charge on any atom is -0.465 e. The maximum atomic E-state index is 14.1. The topological polar surface area (TPSA) is 82.4 Å². The third kappa shape index (κ3) is 4.66. The monoisotopic (exact) mass is 351 g/mol. The van der Waals surface area contributed by atoms with Crippen molar-refractivity contribution in [3.05, 3.63) is 29.3 Å². The van der Waals surface area contributed by atoms with Gasteiger partial charge in [-0.05, 0) is 31.9 Å². The van der Waals surface area contributed by atoms with Crippen molar-refractivity contribution in [2.24, 2.45) is 5.92 Å². The molecular formula is C17H19F2N3O3. The summed E-state index contributed by atoms with van der Waals surface area (Å²) in [5.74, 6) is -2.68. The molecule has 1 heterocycles. The van der Waals surface area contributed by atoms with E-state index in [0.717, 1.165) is 12.1 Å². The Balaban J connectivity index is 1.93. The first-order valence-corrected chi connectivity index (χ1v) is 8.03. The standard InChI is InChI=1S/C17H19F2N3O3/c1-2-25-15(23)10-21-17(24)12-3-5-22(6-4-12)16-13(18)7-11(9-20)8-14(16)19/h7-8,12H,2-6,10H2,1H3,(H,21,24). The number of hydrogen-bond donors (Lipinski definition) is 1. The van der Waals surface area contributed by atoms with Gasteiger partial charge in [0.2, 0.25) is 5.91 Å². The molecule has 0 unspecified atom stereocenters. The molecule has 6 nitrogen and oxygen atoms in total. The number of anilines is 1. The molecule has 1 N–H and O–H groups in total. The second-order valence-corrected chi connectivity index (χ2v) is 5.68. The van der Waals surface area contributed by atoms with Crippen molar-refractivity contribution in [2.75, 3.05) is 31.1 Å². The third-order valence-electron chi connectivity index (χ3n) is 4.04. The van der Waals surface area contributed by atoms with Crippen molar-refractivity contribution in [2.45, 2.75) is 19.8 Å². The molecule has 0 aliphatic carbocycles. The highest BCUT2D eigenvalue weighted by molar-refractivity contribution is 5.83. The Kier molecular flexibility index (Phi) is 6.28. The highest BCUT2D eigenvalue weighted by Crippen LogP contribution is 2.29. The number of ether oxygens (including phenoxy) is 1. The lowest BCUT2D eigenvalue weighted by Gasteiger charge is -2.33. The van der Waals surface area contributed by atoms with Crippen LogP contribution in [0.5, 0.6) is 0 Å². The van der Waals surface area contributed by atoms with Crippen molar-refractivity contribution in [1.82, 2.24) is 5.32 Å². The summed E-state index contributed by atoms with van der Waals surface area (Å²) in [4.78, 5) is 24.8. The average Bonchev–Trinajstić information content (AvgIpc) is 2.59. The number of benzene rings is 1. The van der Waals surface area contributed by atoms with Crippen molar-refractivity contribution in [3.63, 3.8) is 0 Å². The van der Waals surface area contributed by atoms with E-state index in [4.69, 9.17) is 10.00 Å². The summed E-state index contributed by atoms with van der Waals surface area (Å²) in [6.07, 6.45) is 0.821. The first kappa shape index (κ1) is 18.6. The van der Waals surface area contributed by atoms with Gasteiger partial charge >= 0.3 is 5.97 Å². The van der Waals surface area contributed by atoms with Gasteiger partial charge in [-0.1, -0.05) is 0 Å². The molecule has 1 aliphatic heterocycles. The van der Waals surface area contributed by atoms with Crippen LogP contribution < -0.4 is 10.2 Å². The molecule has 1 aliphatic rings. The van der Waals surface area contributed by atoms with E-state index in [0.29, 0.717) is 25.9 Å². The lowest BCUT2D eigenvalue weighted by atomic mass is 9.95. The lowest BCUT2D eigenvalue weighted by Crippen LogP contribution is -2.42. The van der Waals surface area contributed by atoms with Crippen molar-refractivity contribution in [3.8, 4) is 6.07 Å². The molecule has 0 saturated carbocycles. The van der Waals surface area contributed by atoms with Crippen molar-refractivity contribution >= 4 is 17.6 Å². The predicted molar refractivity (Wildman–Crippen MR) is 85.7 cm³/mol. The Morgan fingerprint density at radius 2 is 1.92 bits per heavy atom. The van der Waals surface area contributed by atoms with E-state index >= 15 is 0 Å². The van der Waals surface area contributed by atoms with Crippen molar-refractivity contribution < 1.29 is 23.1 Å². The van der Waals surface area contributed by atoms with E-state index in [-0.39, 0.29) is 36.2 Å². The van der Waals surface area contributed by atoms with Crippen LogP contribution in [0.1, 0.15) is 25.3 Å². The first-order chi connectivity index (χ1) is 12.0. The quantitative estimate of drug-likeness (QED) is 0.817. The zero-order valence-electron chi connectivity index (χ0n) is 13.8. The maximum Gasteiger partial charge on any atom is 0.325 e. The molecule has 0 aromatic heterocycles. The first-order valence-electron chi connectivity index (χ1n) is 8.03. The molecule has 25 heavy (non-hydrogen) atoms. The fraction of sp³-hybridized carbons (Fsp3) is 0.471. The fourth-order valence-corrected chi connectivity index (χ4v) is 2.81. The molecule has 0 radical (unpaired) electrons. The van der Waals surface area contributed by atoms with Crippen LogP contribution in [0.3, 0.4) is 0 Å². The number of carbonyl (C=O) groups is 2. The summed E-state index contributed by atoms with van der Waals surface area (Å²) >= 11 is 0. The van der Waals surface area contributed by atoms with Crippen LogP contribution in [-0.2, 0) is 14.3 Å². The summed E-state index contributed by atoms with van der Waals surface area (Å²) < 4.78 is 32.8. The SMILES string of the molecule is CCOC(=O)CNC(=O)C1CCN(c2c(F)cc(C#N)cc2F)CC1. The van der Waals surface area contributed by atoms with Gasteiger partial charge in [-0.15, -0.1) is 0 Å². The molecule has 1 saturated heterocycles. The van der Waals surface area contributed by atoms with Gasteiger partial charge in [0, 0.05) is 19.0 Å². The van der Waals surface area contributed by atoms with Crippen LogP contribution in [0.15, 0.2) is 12.1 Å². The van der Waals surface area contributed by atoms with Gasteiger partial charge < -0.3 is 15.0 Å². The second-order valence-electron chi connectivity index (χ2n) is 5.68. The van der Waals surface area contributed by atoms with E-state index in [2.05, 4.69) is 5.32 Å². The second kappa shape index (κ2) is 8.42. The van der Waals surface area contributed by atoms with Crippen LogP contribution >= 0.6 is 0 Å². The van der Waals surface area contributed by atoms with Gasteiger partial charge in [0.15, 0.2) is 11.6 Å². The Morgan fingerprint density at radius 1 is 1.32 bits per heavy atom. The van der Waals surface area contributed by atoms with E-state index in [9.17, 15) is 18.4 Å². The zero-order valence-corrected chi connectivity index (χ0v) is 13.8. The number of nitrogens with one attached hydrogen (secondary N) is 1. The summed E-state index contributed by atoms with van der Waals surface area (Å²) in [7, 11) is 0. The number of piperidine rings is 1. The molecule has 1 amide bonds. The summed E-state index contributed by atoms with van der Waals surface area (Å²) in [6.45, 7) is 2.34. The highest BCUT2D eigenvalue weighted by atomic mass is 19.1. The van der Waals surface area contributed by atoms with E-state index in [1.165, 1.54) is 4.90 Å². The summed E-state index contributed by atoms with van der Waals surface area (Å²) in [5, 5.41) is 11.2. The average molecular weight is 351 g/mol. The number of rotatable bonds is 5. The Labute approximate surface area is 144 Å². The number of nitriles is 1. The highest BCUT2D eigenvalue weighted by Gasteiger charge is 2.28.